The maximum atomic E-state index is 12.6. The molecule has 0 aliphatic rings. The van der Waals surface area contributed by atoms with Gasteiger partial charge in [-0.25, -0.2) is 13.4 Å². The van der Waals surface area contributed by atoms with Gasteiger partial charge in [-0.1, -0.05) is 0 Å². The molecular weight excluding hydrogens is 324 g/mol. The number of nitrogens with zero attached hydrogens (tertiary/aromatic N) is 3. The molecular formula is C17H20N4O2S. The molecule has 0 aliphatic carbocycles. The molecule has 6 nitrogen and oxygen atoms in total. The van der Waals surface area contributed by atoms with Crippen molar-refractivity contribution in [2.45, 2.75) is 11.8 Å². The van der Waals surface area contributed by atoms with Gasteiger partial charge >= 0.3 is 0 Å². The maximum Gasteiger partial charge on any atom is 0.261 e. The van der Waals surface area contributed by atoms with Gasteiger partial charge in [-0.3, -0.25) is 4.72 Å². The third kappa shape index (κ3) is 2.94. The molecule has 1 heterocycles. The second-order valence-corrected chi connectivity index (χ2v) is 7.60. The molecule has 0 atom stereocenters. The van der Waals surface area contributed by atoms with Gasteiger partial charge in [0.1, 0.15) is 5.82 Å². The third-order valence-electron chi connectivity index (χ3n) is 4.02. The van der Waals surface area contributed by atoms with Crippen molar-refractivity contribution in [3.63, 3.8) is 0 Å². The molecule has 0 aliphatic heterocycles. The van der Waals surface area contributed by atoms with E-state index in [0.29, 0.717) is 11.2 Å². The fraction of sp³-hybridized carbons (Fsp3) is 0.235. The van der Waals surface area contributed by atoms with Crippen LogP contribution in [0.1, 0.15) is 5.82 Å². The topological polar surface area (TPSA) is 67.2 Å². The van der Waals surface area contributed by atoms with Crippen LogP contribution in [0.2, 0.25) is 0 Å². The first-order valence-corrected chi connectivity index (χ1v) is 8.99. The molecule has 3 aromatic rings. The van der Waals surface area contributed by atoms with Crippen molar-refractivity contribution in [3.05, 3.63) is 48.3 Å². The van der Waals surface area contributed by atoms with Crippen LogP contribution in [0.25, 0.3) is 11.0 Å². The first kappa shape index (κ1) is 16.3. The highest BCUT2D eigenvalue weighted by Gasteiger charge is 2.16. The van der Waals surface area contributed by atoms with E-state index in [1.165, 1.54) is 0 Å². The SMILES string of the molecule is Cc1nc2cc(S(=O)(=O)Nc3ccc(N(C)C)cc3)ccc2n1C. The summed E-state index contributed by atoms with van der Waals surface area (Å²) in [5.74, 6) is 0.840. The summed E-state index contributed by atoms with van der Waals surface area (Å²) in [6.45, 7) is 1.89. The molecule has 0 amide bonds. The van der Waals surface area contributed by atoms with Gasteiger partial charge in [0, 0.05) is 32.5 Å². The molecule has 1 N–H and O–H groups in total. The first-order valence-electron chi connectivity index (χ1n) is 7.51. The summed E-state index contributed by atoms with van der Waals surface area (Å²) in [4.78, 5) is 6.54. The first-order chi connectivity index (χ1) is 11.3. The van der Waals surface area contributed by atoms with Crippen LogP contribution in [0.15, 0.2) is 47.4 Å². The molecule has 0 unspecified atom stereocenters. The highest BCUT2D eigenvalue weighted by molar-refractivity contribution is 7.92. The normalized spacial score (nSPS) is 11.7. The smallest absolute Gasteiger partial charge is 0.261 e. The number of hydrogen-bond acceptors (Lipinski definition) is 4. The van der Waals surface area contributed by atoms with E-state index in [9.17, 15) is 8.42 Å². The van der Waals surface area contributed by atoms with Gasteiger partial charge in [-0.05, 0) is 49.4 Å². The van der Waals surface area contributed by atoms with Crippen LogP contribution in [-0.4, -0.2) is 32.1 Å². The molecule has 24 heavy (non-hydrogen) atoms. The molecule has 0 spiro atoms. The lowest BCUT2D eigenvalue weighted by Crippen LogP contribution is -2.13. The fourth-order valence-electron chi connectivity index (χ4n) is 2.51. The van der Waals surface area contributed by atoms with Crippen LogP contribution in [0.3, 0.4) is 0 Å². The largest absolute Gasteiger partial charge is 0.378 e. The molecule has 126 valence electrons. The van der Waals surface area contributed by atoms with Crippen molar-refractivity contribution in [1.82, 2.24) is 9.55 Å². The van der Waals surface area contributed by atoms with Gasteiger partial charge in [-0.2, -0.15) is 0 Å². The molecule has 0 radical (unpaired) electrons. The number of aryl methyl sites for hydroxylation is 2. The van der Waals surface area contributed by atoms with Crippen LogP contribution in [0.5, 0.6) is 0 Å². The van der Waals surface area contributed by atoms with Crippen molar-refractivity contribution in [3.8, 4) is 0 Å². The van der Waals surface area contributed by atoms with Crippen LogP contribution in [0, 0.1) is 6.92 Å². The Morgan fingerprint density at radius 3 is 2.38 bits per heavy atom. The number of aromatic nitrogens is 2. The van der Waals surface area contributed by atoms with Crippen molar-refractivity contribution in [2.24, 2.45) is 7.05 Å². The predicted molar refractivity (Wildman–Crippen MR) is 97.0 cm³/mol. The van der Waals surface area contributed by atoms with Crippen molar-refractivity contribution >= 4 is 32.4 Å². The molecule has 7 heteroatoms. The highest BCUT2D eigenvalue weighted by atomic mass is 32.2. The van der Waals surface area contributed by atoms with E-state index in [4.69, 9.17) is 0 Å². The summed E-state index contributed by atoms with van der Waals surface area (Å²) >= 11 is 0. The summed E-state index contributed by atoms with van der Waals surface area (Å²) in [6.07, 6.45) is 0. The van der Waals surface area contributed by atoms with Gasteiger partial charge < -0.3 is 9.47 Å². The Hall–Kier alpha value is -2.54. The van der Waals surface area contributed by atoms with Crippen LogP contribution >= 0.6 is 0 Å². The number of benzene rings is 2. The molecule has 0 fully saturated rings. The lowest BCUT2D eigenvalue weighted by molar-refractivity contribution is 0.601. The highest BCUT2D eigenvalue weighted by Crippen LogP contribution is 2.23. The predicted octanol–water partition coefficient (Wildman–Crippen LogP) is 2.75. The van der Waals surface area contributed by atoms with E-state index in [1.807, 2.05) is 49.7 Å². The minimum atomic E-state index is -3.65. The van der Waals surface area contributed by atoms with Crippen molar-refractivity contribution in [2.75, 3.05) is 23.7 Å². The van der Waals surface area contributed by atoms with Gasteiger partial charge in [0.25, 0.3) is 10.0 Å². The quantitative estimate of drug-likeness (QED) is 0.790. The Balaban J connectivity index is 1.92. The summed E-state index contributed by atoms with van der Waals surface area (Å²) in [5, 5.41) is 0. The van der Waals surface area contributed by atoms with E-state index >= 15 is 0 Å². The van der Waals surface area contributed by atoms with E-state index < -0.39 is 10.0 Å². The molecule has 2 aromatic carbocycles. The van der Waals surface area contributed by atoms with E-state index in [2.05, 4.69) is 9.71 Å². The van der Waals surface area contributed by atoms with Crippen LogP contribution in [0.4, 0.5) is 11.4 Å². The zero-order valence-corrected chi connectivity index (χ0v) is 14.9. The molecule has 0 saturated carbocycles. The second-order valence-electron chi connectivity index (χ2n) is 5.92. The monoisotopic (exact) mass is 344 g/mol. The van der Waals surface area contributed by atoms with Crippen LogP contribution in [-0.2, 0) is 17.1 Å². The lowest BCUT2D eigenvalue weighted by Gasteiger charge is -2.13. The minimum absolute atomic E-state index is 0.199. The van der Waals surface area contributed by atoms with E-state index in [1.54, 1.807) is 30.3 Å². The minimum Gasteiger partial charge on any atom is -0.378 e. The summed E-state index contributed by atoms with van der Waals surface area (Å²) < 4.78 is 29.7. The number of hydrogen-bond donors (Lipinski definition) is 1. The fourth-order valence-corrected chi connectivity index (χ4v) is 3.59. The van der Waals surface area contributed by atoms with Crippen LogP contribution < -0.4 is 9.62 Å². The Kier molecular flexibility index (Phi) is 3.96. The summed E-state index contributed by atoms with van der Waals surface area (Å²) in [6, 6.07) is 12.2. The molecule has 0 bridgehead atoms. The maximum absolute atomic E-state index is 12.6. The molecule has 3 rings (SSSR count). The Morgan fingerprint density at radius 1 is 1.08 bits per heavy atom. The van der Waals surface area contributed by atoms with Gasteiger partial charge in [0.15, 0.2) is 0 Å². The average Bonchev–Trinajstić information content (AvgIpc) is 2.82. The molecule has 1 aromatic heterocycles. The summed E-state index contributed by atoms with van der Waals surface area (Å²) in [5.41, 5.74) is 3.10. The third-order valence-corrected chi connectivity index (χ3v) is 5.40. The average molecular weight is 344 g/mol. The van der Waals surface area contributed by atoms with E-state index in [-0.39, 0.29) is 4.90 Å². The second kappa shape index (κ2) is 5.83. The van der Waals surface area contributed by atoms with Gasteiger partial charge in [0.2, 0.25) is 0 Å². The lowest BCUT2D eigenvalue weighted by atomic mass is 10.3. The van der Waals surface area contributed by atoms with E-state index in [0.717, 1.165) is 17.0 Å². The zero-order chi connectivity index (χ0) is 17.5. The number of nitrogens with one attached hydrogen (secondary N) is 1. The number of fused-ring (bicyclic) bond motifs is 1. The number of anilines is 2. The number of imidazole rings is 1. The van der Waals surface area contributed by atoms with Gasteiger partial charge in [-0.15, -0.1) is 0 Å². The van der Waals surface area contributed by atoms with Crippen molar-refractivity contribution < 1.29 is 8.42 Å². The Labute approximate surface area is 141 Å². The number of sulfonamides is 1. The standard InChI is InChI=1S/C17H20N4O2S/c1-12-18-16-11-15(9-10-17(16)21(12)4)24(22,23)19-13-5-7-14(8-6-13)20(2)3/h5-11,19H,1-4H3. The Morgan fingerprint density at radius 2 is 1.75 bits per heavy atom. The Bertz CT molecular complexity index is 989. The zero-order valence-electron chi connectivity index (χ0n) is 14.1. The molecule has 0 saturated heterocycles. The van der Waals surface area contributed by atoms with Gasteiger partial charge in [0.05, 0.1) is 15.9 Å². The number of rotatable bonds is 4. The van der Waals surface area contributed by atoms with Crippen molar-refractivity contribution in [1.29, 1.82) is 0 Å². The summed E-state index contributed by atoms with van der Waals surface area (Å²) in [7, 11) is 2.12.